The zero-order chi connectivity index (χ0) is 14.4. The van der Waals surface area contributed by atoms with Gasteiger partial charge in [0.15, 0.2) is 0 Å². The maximum Gasteiger partial charge on any atom is 0.138 e. The summed E-state index contributed by atoms with van der Waals surface area (Å²) in [6.45, 7) is 8.95. The summed E-state index contributed by atoms with van der Waals surface area (Å²) in [5, 5.41) is 8.11. The van der Waals surface area contributed by atoms with Crippen LogP contribution >= 0.6 is 0 Å². The van der Waals surface area contributed by atoms with Gasteiger partial charge >= 0.3 is 0 Å². The number of rotatable bonds is 7. The molecule has 114 valence electrons. The molecule has 4 nitrogen and oxygen atoms in total. The summed E-state index contributed by atoms with van der Waals surface area (Å²) in [7, 11) is 0. The summed E-state index contributed by atoms with van der Waals surface area (Å²) in [6.07, 6.45) is 9.12. The Kier molecular flexibility index (Phi) is 6.02. The monoisotopic (exact) mass is 278 g/mol. The lowest BCUT2D eigenvalue weighted by atomic mass is 9.77. The van der Waals surface area contributed by atoms with Crippen molar-refractivity contribution >= 4 is 0 Å². The van der Waals surface area contributed by atoms with Gasteiger partial charge in [-0.1, -0.05) is 20.8 Å². The Morgan fingerprint density at radius 1 is 1.30 bits per heavy atom. The van der Waals surface area contributed by atoms with E-state index >= 15 is 0 Å². The molecule has 0 amide bonds. The van der Waals surface area contributed by atoms with Crippen molar-refractivity contribution in [1.29, 1.82) is 0 Å². The van der Waals surface area contributed by atoms with Crippen molar-refractivity contribution in [2.24, 2.45) is 11.8 Å². The number of aryl methyl sites for hydroxylation is 1. The number of nitrogens with one attached hydrogen (secondary N) is 1. The second-order valence-corrected chi connectivity index (χ2v) is 6.34. The van der Waals surface area contributed by atoms with Gasteiger partial charge in [0.25, 0.3) is 0 Å². The standard InChI is InChI=1S/C16H30N4/c1-4-8-17-15-7-6-13(3)10-14(15)11-16-18-12-19-20(16)9-5-2/h12-15,17H,4-11H2,1-3H3. The largest absolute Gasteiger partial charge is 0.314 e. The van der Waals surface area contributed by atoms with Crippen LogP contribution in [0.2, 0.25) is 0 Å². The molecule has 1 heterocycles. The van der Waals surface area contributed by atoms with Crippen LogP contribution in [0.15, 0.2) is 6.33 Å². The second kappa shape index (κ2) is 7.77. The molecule has 1 aliphatic rings. The average Bonchev–Trinajstić information content (AvgIpc) is 2.86. The van der Waals surface area contributed by atoms with Crippen LogP contribution in [-0.2, 0) is 13.0 Å². The molecule has 0 bridgehead atoms. The molecule has 0 saturated heterocycles. The molecule has 1 saturated carbocycles. The van der Waals surface area contributed by atoms with Crippen LogP contribution in [0.5, 0.6) is 0 Å². The van der Waals surface area contributed by atoms with Crippen molar-refractivity contribution in [3.05, 3.63) is 12.2 Å². The van der Waals surface area contributed by atoms with Crippen molar-refractivity contribution in [1.82, 2.24) is 20.1 Å². The van der Waals surface area contributed by atoms with Gasteiger partial charge in [0.05, 0.1) is 0 Å². The molecule has 3 unspecified atom stereocenters. The van der Waals surface area contributed by atoms with Crippen LogP contribution in [0.4, 0.5) is 0 Å². The summed E-state index contributed by atoms with van der Waals surface area (Å²) < 4.78 is 2.09. The van der Waals surface area contributed by atoms with Crippen LogP contribution in [0, 0.1) is 11.8 Å². The number of hydrogen-bond acceptors (Lipinski definition) is 3. The van der Waals surface area contributed by atoms with E-state index in [1.165, 1.54) is 31.5 Å². The van der Waals surface area contributed by atoms with Gasteiger partial charge in [-0.25, -0.2) is 4.98 Å². The minimum absolute atomic E-state index is 0.665. The molecule has 0 radical (unpaired) electrons. The van der Waals surface area contributed by atoms with Crippen molar-refractivity contribution in [3.8, 4) is 0 Å². The van der Waals surface area contributed by atoms with E-state index in [0.29, 0.717) is 12.0 Å². The van der Waals surface area contributed by atoms with Crippen LogP contribution in [-0.4, -0.2) is 27.4 Å². The summed E-state index contributed by atoms with van der Waals surface area (Å²) >= 11 is 0. The van der Waals surface area contributed by atoms with Gasteiger partial charge in [-0.3, -0.25) is 4.68 Å². The Morgan fingerprint density at radius 2 is 2.15 bits per heavy atom. The van der Waals surface area contributed by atoms with E-state index in [0.717, 1.165) is 31.8 Å². The highest BCUT2D eigenvalue weighted by atomic mass is 15.3. The highest BCUT2D eigenvalue weighted by molar-refractivity contribution is 4.93. The molecule has 1 aromatic heterocycles. The fourth-order valence-electron chi connectivity index (χ4n) is 3.40. The minimum atomic E-state index is 0.665. The lowest BCUT2D eigenvalue weighted by molar-refractivity contribution is 0.208. The molecule has 1 N–H and O–H groups in total. The van der Waals surface area contributed by atoms with Crippen molar-refractivity contribution < 1.29 is 0 Å². The maximum absolute atomic E-state index is 4.49. The van der Waals surface area contributed by atoms with Crippen LogP contribution in [0.3, 0.4) is 0 Å². The second-order valence-electron chi connectivity index (χ2n) is 6.34. The normalized spacial score (nSPS) is 26.9. The van der Waals surface area contributed by atoms with Crippen LogP contribution in [0.1, 0.15) is 58.7 Å². The van der Waals surface area contributed by atoms with Crippen LogP contribution in [0.25, 0.3) is 0 Å². The van der Waals surface area contributed by atoms with Gasteiger partial charge in [0.1, 0.15) is 12.2 Å². The zero-order valence-corrected chi connectivity index (χ0v) is 13.3. The molecular formula is C16H30N4. The van der Waals surface area contributed by atoms with E-state index in [2.05, 4.69) is 40.9 Å². The lowest BCUT2D eigenvalue weighted by Crippen LogP contribution is -2.42. The van der Waals surface area contributed by atoms with E-state index in [1.54, 1.807) is 6.33 Å². The molecule has 20 heavy (non-hydrogen) atoms. The van der Waals surface area contributed by atoms with E-state index in [4.69, 9.17) is 0 Å². The fourth-order valence-corrected chi connectivity index (χ4v) is 3.40. The van der Waals surface area contributed by atoms with Crippen LogP contribution < -0.4 is 5.32 Å². The predicted molar refractivity (Wildman–Crippen MR) is 82.6 cm³/mol. The first kappa shape index (κ1) is 15.5. The van der Waals surface area contributed by atoms with Gasteiger partial charge < -0.3 is 5.32 Å². The van der Waals surface area contributed by atoms with E-state index in [1.807, 2.05) is 0 Å². The highest BCUT2D eigenvalue weighted by Gasteiger charge is 2.29. The smallest absolute Gasteiger partial charge is 0.138 e. The quantitative estimate of drug-likeness (QED) is 0.833. The summed E-state index contributed by atoms with van der Waals surface area (Å²) in [4.78, 5) is 4.49. The first-order valence-electron chi connectivity index (χ1n) is 8.34. The van der Waals surface area contributed by atoms with E-state index in [9.17, 15) is 0 Å². The Morgan fingerprint density at radius 3 is 2.90 bits per heavy atom. The zero-order valence-electron chi connectivity index (χ0n) is 13.3. The molecule has 0 aliphatic heterocycles. The predicted octanol–water partition coefficient (Wildman–Crippen LogP) is 3.04. The van der Waals surface area contributed by atoms with Gasteiger partial charge in [-0.2, -0.15) is 5.10 Å². The lowest BCUT2D eigenvalue weighted by Gasteiger charge is -2.35. The van der Waals surface area contributed by atoms with E-state index in [-0.39, 0.29) is 0 Å². The average molecular weight is 278 g/mol. The van der Waals surface area contributed by atoms with Gasteiger partial charge in [-0.05, 0) is 50.5 Å². The molecule has 4 heteroatoms. The number of aromatic nitrogens is 3. The highest BCUT2D eigenvalue weighted by Crippen LogP contribution is 2.31. The van der Waals surface area contributed by atoms with Crippen molar-refractivity contribution in [2.75, 3.05) is 6.54 Å². The Labute approximate surface area is 123 Å². The third-order valence-electron chi connectivity index (χ3n) is 4.48. The van der Waals surface area contributed by atoms with Gasteiger partial charge in [-0.15, -0.1) is 0 Å². The maximum atomic E-state index is 4.49. The summed E-state index contributed by atoms with van der Waals surface area (Å²) in [6, 6.07) is 0.665. The number of nitrogens with zero attached hydrogens (tertiary/aromatic N) is 3. The van der Waals surface area contributed by atoms with Gasteiger partial charge in [0.2, 0.25) is 0 Å². The Balaban J connectivity index is 2.00. The topological polar surface area (TPSA) is 42.7 Å². The Hall–Kier alpha value is -0.900. The van der Waals surface area contributed by atoms with Gasteiger partial charge in [0, 0.05) is 19.0 Å². The third-order valence-corrected chi connectivity index (χ3v) is 4.48. The molecule has 1 fully saturated rings. The molecule has 0 aromatic carbocycles. The summed E-state index contributed by atoms with van der Waals surface area (Å²) in [5.41, 5.74) is 0. The SMILES string of the molecule is CCCNC1CCC(C)CC1Cc1ncnn1CCC. The number of hydrogen-bond donors (Lipinski definition) is 1. The molecule has 0 spiro atoms. The Bertz CT molecular complexity index is 386. The molecule has 1 aromatic rings. The fraction of sp³-hybridized carbons (Fsp3) is 0.875. The molecule has 2 rings (SSSR count). The first-order chi connectivity index (χ1) is 9.74. The summed E-state index contributed by atoms with van der Waals surface area (Å²) in [5.74, 6) is 2.74. The van der Waals surface area contributed by atoms with Crippen molar-refractivity contribution in [3.63, 3.8) is 0 Å². The van der Waals surface area contributed by atoms with E-state index < -0.39 is 0 Å². The molecule has 1 aliphatic carbocycles. The van der Waals surface area contributed by atoms with Crippen molar-refractivity contribution in [2.45, 2.75) is 71.9 Å². The molecule has 3 atom stereocenters. The first-order valence-corrected chi connectivity index (χ1v) is 8.34. The molecular weight excluding hydrogens is 248 g/mol. The third kappa shape index (κ3) is 4.05. The minimum Gasteiger partial charge on any atom is -0.314 e.